The molecule has 0 N–H and O–H groups in total. The number of unbranched alkanes of at least 4 members (excludes halogenated alkanes) is 1. The molecule has 78 valence electrons. The highest BCUT2D eigenvalue weighted by atomic mass is 28.4. The van der Waals surface area contributed by atoms with Gasteiger partial charge in [0.15, 0.2) is 0 Å². The predicted molar refractivity (Wildman–Crippen MR) is 58.9 cm³/mol. The second kappa shape index (κ2) is 7.30. The molecule has 0 aliphatic carbocycles. The van der Waals surface area contributed by atoms with Crippen LogP contribution in [0.3, 0.4) is 0 Å². The van der Waals surface area contributed by atoms with E-state index in [1.807, 2.05) is 13.8 Å². The molecular formula is C10H22O2Si. The molecule has 13 heavy (non-hydrogen) atoms. The van der Waals surface area contributed by atoms with E-state index in [1.165, 1.54) is 6.42 Å². The van der Waals surface area contributed by atoms with E-state index in [0.29, 0.717) is 0 Å². The third-order valence-electron chi connectivity index (χ3n) is 1.74. The molecule has 0 atom stereocenters. The van der Waals surface area contributed by atoms with E-state index in [2.05, 4.69) is 25.2 Å². The van der Waals surface area contributed by atoms with Gasteiger partial charge in [-0.25, -0.2) is 0 Å². The van der Waals surface area contributed by atoms with Gasteiger partial charge in [0.2, 0.25) is 0 Å². The monoisotopic (exact) mass is 202 g/mol. The average Bonchev–Trinajstić information content (AvgIpc) is 2.05. The Labute approximate surface area is 83.2 Å². The van der Waals surface area contributed by atoms with Crippen molar-refractivity contribution in [3.05, 3.63) is 11.8 Å². The molecule has 0 unspecified atom stereocenters. The number of rotatable bonds is 7. The molecule has 0 saturated carbocycles. The van der Waals surface area contributed by atoms with Gasteiger partial charge in [0, 0.05) is 13.2 Å². The van der Waals surface area contributed by atoms with E-state index in [0.717, 1.165) is 19.6 Å². The molecule has 0 amide bonds. The zero-order chi connectivity index (χ0) is 10.2. The quantitative estimate of drug-likeness (QED) is 0.591. The van der Waals surface area contributed by atoms with Crippen molar-refractivity contribution in [2.75, 3.05) is 13.2 Å². The highest BCUT2D eigenvalue weighted by molar-refractivity contribution is 6.71. The van der Waals surface area contributed by atoms with Crippen molar-refractivity contribution in [1.29, 1.82) is 0 Å². The third-order valence-corrected chi connectivity index (χ3v) is 4.30. The molecule has 0 aromatic carbocycles. The third kappa shape index (κ3) is 6.02. The van der Waals surface area contributed by atoms with E-state index in [9.17, 15) is 0 Å². The minimum Gasteiger partial charge on any atom is -0.392 e. The molecule has 0 fully saturated rings. The molecule has 0 aliphatic rings. The minimum absolute atomic E-state index is 0.735. The summed E-state index contributed by atoms with van der Waals surface area (Å²) >= 11 is 0. The summed E-state index contributed by atoms with van der Waals surface area (Å²) in [7, 11) is -1.97. The van der Waals surface area contributed by atoms with Gasteiger partial charge in [0.05, 0.1) is 0 Å². The summed E-state index contributed by atoms with van der Waals surface area (Å²) in [6, 6.07) is 0. The predicted octanol–water partition coefficient (Wildman–Crippen LogP) is 3.03. The summed E-state index contributed by atoms with van der Waals surface area (Å²) < 4.78 is 11.3. The van der Waals surface area contributed by atoms with Gasteiger partial charge in [-0.1, -0.05) is 19.4 Å². The standard InChI is InChI=1S/C10H22O2Si/c1-5-8-9-10-13(4,11-6-2)12-7-3/h9-10H,5-8H2,1-4H3/b10-9+. The lowest BCUT2D eigenvalue weighted by atomic mass is 10.3. The Morgan fingerprint density at radius 2 is 1.62 bits per heavy atom. The van der Waals surface area contributed by atoms with Gasteiger partial charge in [0.1, 0.15) is 0 Å². The van der Waals surface area contributed by atoms with Crippen molar-refractivity contribution in [1.82, 2.24) is 0 Å². The lowest BCUT2D eigenvalue weighted by molar-refractivity contribution is 0.201. The second-order valence-corrected chi connectivity index (χ2v) is 6.02. The first-order valence-electron chi connectivity index (χ1n) is 5.14. The first-order valence-corrected chi connectivity index (χ1v) is 7.53. The molecule has 0 heterocycles. The maximum Gasteiger partial charge on any atom is 0.361 e. The molecule has 3 heteroatoms. The van der Waals surface area contributed by atoms with E-state index in [1.54, 1.807) is 0 Å². The summed E-state index contributed by atoms with van der Waals surface area (Å²) in [6.45, 7) is 9.75. The SMILES string of the molecule is CCC/C=C/[Si](C)(OCC)OCC. The van der Waals surface area contributed by atoms with Crippen LogP contribution in [-0.2, 0) is 8.85 Å². The van der Waals surface area contributed by atoms with Crippen LogP contribution in [0, 0.1) is 0 Å². The maximum atomic E-state index is 5.65. The Hall–Kier alpha value is -0.123. The van der Waals surface area contributed by atoms with Crippen LogP contribution >= 0.6 is 0 Å². The lowest BCUT2D eigenvalue weighted by Crippen LogP contribution is -2.36. The van der Waals surface area contributed by atoms with Crippen molar-refractivity contribution in [3.8, 4) is 0 Å². The summed E-state index contributed by atoms with van der Waals surface area (Å²) in [5.41, 5.74) is 2.14. The zero-order valence-corrected chi connectivity index (χ0v) is 10.3. The van der Waals surface area contributed by atoms with Gasteiger partial charge in [-0.3, -0.25) is 0 Å². The van der Waals surface area contributed by atoms with Crippen LogP contribution < -0.4 is 0 Å². The van der Waals surface area contributed by atoms with Gasteiger partial charge >= 0.3 is 8.56 Å². The largest absolute Gasteiger partial charge is 0.392 e. The van der Waals surface area contributed by atoms with Crippen molar-refractivity contribution in [2.45, 2.75) is 40.2 Å². The van der Waals surface area contributed by atoms with Crippen LogP contribution in [0.2, 0.25) is 6.55 Å². The zero-order valence-electron chi connectivity index (χ0n) is 9.30. The van der Waals surface area contributed by atoms with E-state index >= 15 is 0 Å². The minimum atomic E-state index is -1.97. The first kappa shape index (κ1) is 12.9. The topological polar surface area (TPSA) is 18.5 Å². The molecule has 0 rings (SSSR count). The Morgan fingerprint density at radius 3 is 2.00 bits per heavy atom. The van der Waals surface area contributed by atoms with Crippen molar-refractivity contribution in [2.24, 2.45) is 0 Å². The van der Waals surface area contributed by atoms with Crippen molar-refractivity contribution < 1.29 is 8.85 Å². The normalized spacial score (nSPS) is 12.6. The maximum absolute atomic E-state index is 5.65. The number of hydrogen-bond donors (Lipinski definition) is 0. The Balaban J connectivity index is 4.05. The number of hydrogen-bond acceptors (Lipinski definition) is 2. The molecule has 0 spiro atoms. The molecule has 2 nitrogen and oxygen atoms in total. The lowest BCUT2D eigenvalue weighted by Gasteiger charge is -2.22. The van der Waals surface area contributed by atoms with Gasteiger partial charge in [-0.2, -0.15) is 0 Å². The Bertz CT molecular complexity index is 140. The summed E-state index contributed by atoms with van der Waals surface area (Å²) in [5, 5.41) is 0. The highest BCUT2D eigenvalue weighted by Gasteiger charge is 2.26. The number of allylic oxidation sites excluding steroid dienone is 1. The van der Waals surface area contributed by atoms with Crippen LogP contribution in [-0.4, -0.2) is 21.8 Å². The molecule has 0 aromatic rings. The molecule has 0 bridgehead atoms. The molecule has 0 aliphatic heterocycles. The van der Waals surface area contributed by atoms with Gasteiger partial charge < -0.3 is 8.85 Å². The van der Waals surface area contributed by atoms with Crippen LogP contribution in [0.5, 0.6) is 0 Å². The average molecular weight is 202 g/mol. The molecule has 0 saturated heterocycles. The fourth-order valence-corrected chi connectivity index (χ4v) is 3.19. The summed E-state index contributed by atoms with van der Waals surface area (Å²) in [6.07, 6.45) is 4.47. The van der Waals surface area contributed by atoms with E-state index in [-0.39, 0.29) is 0 Å². The highest BCUT2D eigenvalue weighted by Crippen LogP contribution is 2.09. The van der Waals surface area contributed by atoms with Gasteiger partial charge in [0.25, 0.3) is 0 Å². The van der Waals surface area contributed by atoms with Crippen molar-refractivity contribution >= 4 is 8.56 Å². The van der Waals surface area contributed by atoms with E-state index < -0.39 is 8.56 Å². The Kier molecular flexibility index (Phi) is 7.23. The first-order chi connectivity index (χ1) is 6.18. The second-order valence-electron chi connectivity index (χ2n) is 3.07. The van der Waals surface area contributed by atoms with Crippen LogP contribution in [0.15, 0.2) is 11.8 Å². The van der Waals surface area contributed by atoms with Gasteiger partial charge in [-0.05, 0) is 32.5 Å². The molecule has 0 radical (unpaired) electrons. The summed E-state index contributed by atoms with van der Waals surface area (Å²) in [4.78, 5) is 0. The van der Waals surface area contributed by atoms with E-state index in [4.69, 9.17) is 8.85 Å². The van der Waals surface area contributed by atoms with Crippen molar-refractivity contribution in [3.63, 3.8) is 0 Å². The molecular weight excluding hydrogens is 180 g/mol. The summed E-state index contributed by atoms with van der Waals surface area (Å²) in [5.74, 6) is 0. The van der Waals surface area contributed by atoms with Crippen LogP contribution in [0.4, 0.5) is 0 Å². The Morgan fingerprint density at radius 1 is 1.08 bits per heavy atom. The molecule has 0 aromatic heterocycles. The smallest absolute Gasteiger partial charge is 0.361 e. The van der Waals surface area contributed by atoms with Crippen LogP contribution in [0.25, 0.3) is 0 Å². The fraction of sp³-hybridized carbons (Fsp3) is 0.800. The van der Waals surface area contributed by atoms with Gasteiger partial charge in [-0.15, -0.1) is 0 Å². The van der Waals surface area contributed by atoms with Crippen LogP contribution in [0.1, 0.15) is 33.6 Å². The fourth-order valence-electron chi connectivity index (χ4n) is 1.18.